The smallest absolute Gasteiger partial charge is 0.257 e. The van der Waals surface area contributed by atoms with Gasteiger partial charge in [-0.3, -0.25) is 19.4 Å². The number of carbonyl (C=O) groups is 1. The molecule has 8 nitrogen and oxygen atoms in total. The van der Waals surface area contributed by atoms with Gasteiger partial charge in [0.2, 0.25) is 0 Å². The Kier molecular flexibility index (Phi) is 8.11. The van der Waals surface area contributed by atoms with Crippen LogP contribution < -0.4 is 5.56 Å². The summed E-state index contributed by atoms with van der Waals surface area (Å²) < 4.78 is 5.47. The number of hydrogen-bond donors (Lipinski definition) is 2. The molecule has 0 unspecified atom stereocenters. The summed E-state index contributed by atoms with van der Waals surface area (Å²) in [5.74, 6) is 0.0467. The van der Waals surface area contributed by atoms with E-state index >= 15 is 0 Å². The SMILES string of the molecule is O=C(c1ccc2[nH]c(-c3ccc[nH]c3=O)c(-c3ccc(-c4ccccc4)cc3)c2c1)N1CCN(CCN2CCOCC2)CC1. The molecule has 0 spiro atoms. The Labute approximate surface area is 256 Å². The minimum Gasteiger partial charge on any atom is -0.379 e. The molecular formula is C36H37N5O3. The van der Waals surface area contributed by atoms with Gasteiger partial charge in [0.05, 0.1) is 24.5 Å². The zero-order valence-corrected chi connectivity index (χ0v) is 24.8. The van der Waals surface area contributed by atoms with Crippen LogP contribution in [-0.4, -0.2) is 96.1 Å². The lowest BCUT2D eigenvalue weighted by molar-refractivity contribution is 0.0293. The number of pyridine rings is 1. The summed E-state index contributed by atoms with van der Waals surface area (Å²) >= 11 is 0. The molecule has 224 valence electrons. The predicted octanol–water partition coefficient (Wildman–Crippen LogP) is 4.95. The highest BCUT2D eigenvalue weighted by atomic mass is 16.5. The summed E-state index contributed by atoms with van der Waals surface area (Å²) in [7, 11) is 0. The van der Waals surface area contributed by atoms with Crippen molar-refractivity contribution in [2.45, 2.75) is 0 Å². The van der Waals surface area contributed by atoms with Gasteiger partial charge in [-0.2, -0.15) is 0 Å². The van der Waals surface area contributed by atoms with Crippen molar-refractivity contribution in [2.24, 2.45) is 0 Å². The zero-order valence-electron chi connectivity index (χ0n) is 24.8. The van der Waals surface area contributed by atoms with Crippen LogP contribution in [0.5, 0.6) is 0 Å². The highest BCUT2D eigenvalue weighted by Gasteiger charge is 2.24. The Morgan fingerprint density at radius 3 is 2.14 bits per heavy atom. The van der Waals surface area contributed by atoms with Crippen LogP contribution in [0.15, 0.2) is 95.9 Å². The van der Waals surface area contributed by atoms with Gasteiger partial charge in [0.15, 0.2) is 0 Å². The molecule has 2 aliphatic heterocycles. The van der Waals surface area contributed by atoms with Crippen LogP contribution in [0.25, 0.3) is 44.4 Å². The van der Waals surface area contributed by atoms with E-state index in [0.29, 0.717) is 24.2 Å². The monoisotopic (exact) mass is 587 g/mol. The fourth-order valence-corrected chi connectivity index (χ4v) is 6.37. The first kappa shape index (κ1) is 28.3. The molecule has 2 aromatic heterocycles. The zero-order chi connectivity index (χ0) is 29.9. The fourth-order valence-electron chi connectivity index (χ4n) is 6.37. The van der Waals surface area contributed by atoms with Gasteiger partial charge in [0.1, 0.15) is 0 Å². The Morgan fingerprint density at radius 1 is 0.727 bits per heavy atom. The Bertz CT molecular complexity index is 1800. The van der Waals surface area contributed by atoms with E-state index in [1.807, 2.05) is 53.4 Å². The molecule has 2 saturated heterocycles. The summed E-state index contributed by atoms with van der Waals surface area (Å²) in [6.45, 7) is 8.88. The van der Waals surface area contributed by atoms with E-state index in [9.17, 15) is 9.59 Å². The predicted molar refractivity (Wildman–Crippen MR) is 175 cm³/mol. The number of aromatic amines is 2. The molecule has 2 aliphatic rings. The van der Waals surface area contributed by atoms with Gasteiger partial charge in [0.25, 0.3) is 11.5 Å². The van der Waals surface area contributed by atoms with Gasteiger partial charge in [-0.05, 0) is 47.0 Å². The molecule has 1 amide bonds. The van der Waals surface area contributed by atoms with E-state index in [1.165, 1.54) is 0 Å². The number of H-pyrrole nitrogens is 2. The number of ether oxygens (including phenoxy) is 1. The van der Waals surface area contributed by atoms with Gasteiger partial charge >= 0.3 is 0 Å². The number of carbonyl (C=O) groups excluding carboxylic acids is 1. The van der Waals surface area contributed by atoms with Crippen molar-refractivity contribution in [3.05, 3.63) is 107 Å². The van der Waals surface area contributed by atoms with Gasteiger partial charge in [-0.15, -0.1) is 0 Å². The van der Waals surface area contributed by atoms with Crippen LogP contribution in [0, 0.1) is 0 Å². The summed E-state index contributed by atoms with van der Waals surface area (Å²) in [5, 5.41) is 0.922. The third-order valence-corrected chi connectivity index (χ3v) is 8.91. The Morgan fingerprint density at radius 2 is 1.41 bits per heavy atom. The molecule has 8 heteroatoms. The quantitative estimate of drug-likeness (QED) is 0.282. The van der Waals surface area contributed by atoms with E-state index in [4.69, 9.17) is 4.74 Å². The van der Waals surface area contributed by atoms with E-state index in [2.05, 4.69) is 56.2 Å². The lowest BCUT2D eigenvalue weighted by Gasteiger charge is -2.36. The minimum atomic E-state index is -0.163. The first-order valence-electron chi connectivity index (χ1n) is 15.5. The molecular weight excluding hydrogens is 550 g/mol. The van der Waals surface area contributed by atoms with Gasteiger partial charge in [0, 0.05) is 80.6 Å². The van der Waals surface area contributed by atoms with Crippen LogP contribution in [0.2, 0.25) is 0 Å². The van der Waals surface area contributed by atoms with E-state index < -0.39 is 0 Å². The van der Waals surface area contributed by atoms with Crippen molar-refractivity contribution in [3.63, 3.8) is 0 Å². The number of aromatic nitrogens is 2. The Hall–Kier alpha value is -4.50. The van der Waals surface area contributed by atoms with Crippen LogP contribution in [-0.2, 0) is 4.74 Å². The van der Waals surface area contributed by atoms with Crippen molar-refractivity contribution in [1.82, 2.24) is 24.7 Å². The summed E-state index contributed by atoms with van der Waals surface area (Å²) in [6.07, 6.45) is 1.64. The van der Waals surface area contributed by atoms with Crippen LogP contribution >= 0.6 is 0 Å². The lowest BCUT2D eigenvalue weighted by atomic mass is 9.95. The topological polar surface area (TPSA) is 84.7 Å². The number of nitrogens with zero attached hydrogens (tertiary/aromatic N) is 3. The molecule has 3 aromatic carbocycles. The van der Waals surface area contributed by atoms with Crippen molar-refractivity contribution in [1.29, 1.82) is 0 Å². The number of fused-ring (bicyclic) bond motifs is 1. The van der Waals surface area contributed by atoms with Crippen LogP contribution in [0.1, 0.15) is 10.4 Å². The molecule has 44 heavy (non-hydrogen) atoms. The summed E-state index contributed by atoms with van der Waals surface area (Å²) in [5.41, 5.74) is 6.85. The van der Waals surface area contributed by atoms with Gasteiger partial charge < -0.3 is 19.6 Å². The summed E-state index contributed by atoms with van der Waals surface area (Å²) in [6, 6.07) is 28.2. The number of nitrogens with one attached hydrogen (secondary N) is 2. The molecule has 0 radical (unpaired) electrons. The fraction of sp³-hybridized carbons (Fsp3) is 0.278. The maximum atomic E-state index is 13.8. The first-order valence-corrected chi connectivity index (χ1v) is 15.5. The van der Waals surface area contributed by atoms with Crippen molar-refractivity contribution in [3.8, 4) is 33.5 Å². The molecule has 2 fully saturated rings. The molecule has 0 atom stereocenters. The molecule has 0 saturated carbocycles. The average molecular weight is 588 g/mol. The Balaban J connectivity index is 1.16. The maximum absolute atomic E-state index is 13.8. The van der Waals surface area contributed by atoms with Crippen molar-refractivity contribution >= 4 is 16.8 Å². The number of piperazine rings is 1. The van der Waals surface area contributed by atoms with Crippen LogP contribution in [0.3, 0.4) is 0 Å². The summed E-state index contributed by atoms with van der Waals surface area (Å²) in [4.78, 5) is 39.9. The molecule has 7 rings (SSSR count). The highest BCUT2D eigenvalue weighted by Crippen LogP contribution is 2.38. The molecule has 2 N–H and O–H groups in total. The second kappa shape index (κ2) is 12.6. The third kappa shape index (κ3) is 5.84. The van der Waals surface area contributed by atoms with Crippen LogP contribution in [0.4, 0.5) is 0 Å². The second-order valence-electron chi connectivity index (χ2n) is 11.6. The molecule has 0 bridgehead atoms. The third-order valence-electron chi connectivity index (χ3n) is 8.91. The molecule has 0 aliphatic carbocycles. The average Bonchev–Trinajstić information content (AvgIpc) is 3.47. The normalized spacial score (nSPS) is 16.4. The van der Waals surface area contributed by atoms with Crippen molar-refractivity contribution in [2.75, 3.05) is 65.6 Å². The van der Waals surface area contributed by atoms with Gasteiger partial charge in [-0.1, -0.05) is 54.6 Å². The standard InChI is InChI=1S/C36H37N5O3/c42-35-30(7-4-14-37-35)34-33(28-10-8-27(9-11-28)26-5-2-1-3-6-26)31-25-29(12-13-32(31)38-34)36(43)41-19-17-39(18-20-41)15-16-40-21-23-44-24-22-40/h1-14,25,38H,15-24H2,(H,37,42). The molecule has 4 heterocycles. The van der Waals surface area contributed by atoms with Gasteiger partial charge in [-0.25, -0.2) is 0 Å². The number of amides is 1. The first-order chi connectivity index (χ1) is 21.6. The van der Waals surface area contributed by atoms with Crippen molar-refractivity contribution < 1.29 is 9.53 Å². The second-order valence-corrected chi connectivity index (χ2v) is 11.6. The highest BCUT2D eigenvalue weighted by molar-refractivity contribution is 6.07. The lowest BCUT2D eigenvalue weighted by Crippen LogP contribution is -2.51. The maximum Gasteiger partial charge on any atom is 0.257 e. The van der Waals surface area contributed by atoms with E-state index in [-0.39, 0.29) is 11.5 Å². The number of rotatable bonds is 7. The largest absolute Gasteiger partial charge is 0.379 e. The van der Waals surface area contributed by atoms with E-state index in [0.717, 1.165) is 91.3 Å². The number of morpholine rings is 1. The number of benzene rings is 3. The molecule has 5 aromatic rings. The minimum absolute atomic E-state index is 0.0467. The van der Waals surface area contributed by atoms with E-state index in [1.54, 1.807) is 6.20 Å². The number of hydrogen-bond acceptors (Lipinski definition) is 5.